The molecule has 0 radical (unpaired) electrons. The highest BCUT2D eigenvalue weighted by atomic mass is 19.1. The van der Waals surface area contributed by atoms with E-state index < -0.39 is 11.6 Å². The van der Waals surface area contributed by atoms with Gasteiger partial charge in [0, 0.05) is 19.6 Å². The van der Waals surface area contributed by atoms with Crippen LogP contribution in [0.5, 0.6) is 11.5 Å². The number of nitrogens with zero attached hydrogens (tertiary/aromatic N) is 1. The van der Waals surface area contributed by atoms with Crippen LogP contribution in [0.1, 0.15) is 18.4 Å². The quantitative estimate of drug-likeness (QED) is 0.876. The highest BCUT2D eigenvalue weighted by molar-refractivity contribution is 5.27. The van der Waals surface area contributed by atoms with E-state index in [1.807, 2.05) is 12.1 Å². The van der Waals surface area contributed by atoms with Crippen molar-refractivity contribution in [3.05, 3.63) is 59.7 Å². The van der Waals surface area contributed by atoms with Gasteiger partial charge in [-0.1, -0.05) is 18.2 Å². The predicted octanol–water partition coefficient (Wildman–Crippen LogP) is 4.00. The summed E-state index contributed by atoms with van der Waals surface area (Å²) in [5.74, 6) is -0.122. The molecule has 5 heteroatoms. The fourth-order valence-corrected chi connectivity index (χ4v) is 4.33. The van der Waals surface area contributed by atoms with Crippen LogP contribution in [0.4, 0.5) is 8.78 Å². The highest BCUT2D eigenvalue weighted by Gasteiger charge is 2.41. The van der Waals surface area contributed by atoms with Crippen molar-refractivity contribution in [1.82, 2.24) is 4.90 Å². The van der Waals surface area contributed by atoms with Crippen molar-refractivity contribution < 1.29 is 18.6 Å². The largest absolute Gasteiger partial charge is 0.508 e. The maximum atomic E-state index is 13.8. The molecule has 0 aromatic heterocycles. The zero-order valence-corrected chi connectivity index (χ0v) is 14.6. The van der Waals surface area contributed by atoms with Crippen LogP contribution < -0.4 is 4.74 Å². The molecule has 2 unspecified atom stereocenters. The third-order valence-corrected chi connectivity index (χ3v) is 5.64. The van der Waals surface area contributed by atoms with E-state index in [0.29, 0.717) is 17.6 Å². The number of halogens is 2. The average molecular weight is 359 g/mol. The van der Waals surface area contributed by atoms with Gasteiger partial charge in [0.25, 0.3) is 0 Å². The first kappa shape index (κ1) is 17.3. The molecule has 1 N–H and O–H groups in total. The molecule has 1 saturated heterocycles. The molecule has 3 nitrogen and oxygen atoms in total. The minimum absolute atomic E-state index is 0.101. The van der Waals surface area contributed by atoms with E-state index in [2.05, 4.69) is 4.90 Å². The summed E-state index contributed by atoms with van der Waals surface area (Å²) < 4.78 is 33.2. The molecule has 1 saturated carbocycles. The molecule has 4 rings (SSSR count). The van der Waals surface area contributed by atoms with E-state index in [9.17, 15) is 13.9 Å². The van der Waals surface area contributed by atoms with Gasteiger partial charge in [0.2, 0.25) is 0 Å². The van der Waals surface area contributed by atoms with Crippen molar-refractivity contribution >= 4 is 0 Å². The van der Waals surface area contributed by atoms with Gasteiger partial charge in [-0.2, -0.15) is 0 Å². The SMILES string of the molecule is Oc1ccc(CCN2CC3CC(Oc4c(F)cccc4F)C[C@@H]3C2)cc1. The minimum Gasteiger partial charge on any atom is -0.508 e. The zero-order valence-electron chi connectivity index (χ0n) is 14.6. The second-order valence-electron chi connectivity index (χ2n) is 7.46. The molecule has 2 fully saturated rings. The number of ether oxygens (including phenoxy) is 1. The van der Waals surface area contributed by atoms with Crippen LogP contribution >= 0.6 is 0 Å². The van der Waals surface area contributed by atoms with Crippen molar-refractivity contribution in [2.24, 2.45) is 11.8 Å². The van der Waals surface area contributed by atoms with Crippen LogP contribution in [0.2, 0.25) is 0 Å². The lowest BCUT2D eigenvalue weighted by atomic mass is 10.0. The molecule has 1 aliphatic carbocycles. The third kappa shape index (κ3) is 3.68. The summed E-state index contributed by atoms with van der Waals surface area (Å²) in [7, 11) is 0. The standard InChI is InChI=1S/C21H23F2NO2/c22-19-2-1-3-20(23)21(19)26-18-10-15-12-24(13-16(15)11-18)9-8-14-4-6-17(25)7-5-14/h1-7,15-16,18,25H,8-13H2/t15-,16?,18?/m1/s1. The van der Waals surface area contributed by atoms with Crippen molar-refractivity contribution in [1.29, 1.82) is 0 Å². The summed E-state index contributed by atoms with van der Waals surface area (Å²) in [6.07, 6.45) is 2.57. The average Bonchev–Trinajstić information content (AvgIpc) is 3.16. The Morgan fingerprint density at radius 1 is 0.962 bits per heavy atom. The van der Waals surface area contributed by atoms with E-state index in [-0.39, 0.29) is 11.9 Å². The normalized spacial score (nSPS) is 25.4. The second kappa shape index (κ2) is 7.23. The molecule has 0 amide bonds. The zero-order chi connectivity index (χ0) is 18.1. The first-order valence-corrected chi connectivity index (χ1v) is 9.19. The summed E-state index contributed by atoms with van der Waals surface area (Å²) in [6.45, 7) is 3.02. The Balaban J connectivity index is 1.28. The summed E-state index contributed by atoms with van der Waals surface area (Å²) >= 11 is 0. The monoisotopic (exact) mass is 359 g/mol. The Morgan fingerprint density at radius 3 is 2.19 bits per heavy atom. The van der Waals surface area contributed by atoms with Gasteiger partial charge in [-0.3, -0.25) is 0 Å². The molecule has 138 valence electrons. The van der Waals surface area contributed by atoms with E-state index >= 15 is 0 Å². The van der Waals surface area contributed by atoms with E-state index in [0.717, 1.165) is 38.9 Å². The molecule has 26 heavy (non-hydrogen) atoms. The Labute approximate surface area is 152 Å². The van der Waals surface area contributed by atoms with Gasteiger partial charge in [0.05, 0.1) is 6.10 Å². The number of likely N-dealkylation sites (tertiary alicyclic amines) is 1. The molecule has 0 bridgehead atoms. The van der Waals surface area contributed by atoms with Gasteiger partial charge >= 0.3 is 0 Å². The Bertz CT molecular complexity index is 731. The number of hydrogen-bond donors (Lipinski definition) is 1. The van der Waals surface area contributed by atoms with E-state index in [4.69, 9.17) is 4.74 Å². The number of benzene rings is 2. The topological polar surface area (TPSA) is 32.7 Å². The first-order chi connectivity index (χ1) is 12.6. The number of rotatable bonds is 5. The van der Waals surface area contributed by atoms with E-state index in [1.54, 1.807) is 12.1 Å². The highest BCUT2D eigenvalue weighted by Crippen LogP contribution is 2.40. The third-order valence-electron chi connectivity index (χ3n) is 5.64. The summed E-state index contributed by atoms with van der Waals surface area (Å²) in [5.41, 5.74) is 1.22. The minimum atomic E-state index is -0.627. The molecule has 3 atom stereocenters. The van der Waals surface area contributed by atoms with Crippen LogP contribution in [0.3, 0.4) is 0 Å². The van der Waals surface area contributed by atoms with Crippen LogP contribution in [0.15, 0.2) is 42.5 Å². The number of aromatic hydroxyl groups is 1. The molecule has 0 spiro atoms. The van der Waals surface area contributed by atoms with Crippen molar-refractivity contribution in [2.45, 2.75) is 25.4 Å². The fraction of sp³-hybridized carbons (Fsp3) is 0.429. The van der Waals surface area contributed by atoms with Crippen molar-refractivity contribution in [3.8, 4) is 11.5 Å². The second-order valence-corrected chi connectivity index (χ2v) is 7.46. The summed E-state index contributed by atoms with van der Waals surface area (Å²) in [4.78, 5) is 2.46. The van der Waals surface area contributed by atoms with Gasteiger partial charge in [-0.25, -0.2) is 8.78 Å². The number of phenolic OH excluding ortho intramolecular Hbond substituents is 1. The van der Waals surface area contributed by atoms with Gasteiger partial charge in [-0.05, 0) is 60.9 Å². The Kier molecular flexibility index (Phi) is 4.81. The van der Waals surface area contributed by atoms with Crippen LogP contribution in [-0.2, 0) is 6.42 Å². The molecule has 2 aromatic carbocycles. The van der Waals surface area contributed by atoms with Gasteiger partial charge < -0.3 is 14.7 Å². The van der Waals surface area contributed by atoms with E-state index in [1.165, 1.54) is 23.8 Å². The molecule has 1 heterocycles. The number of para-hydroxylation sites is 1. The fourth-order valence-electron chi connectivity index (χ4n) is 4.33. The van der Waals surface area contributed by atoms with Gasteiger partial charge in [0.15, 0.2) is 17.4 Å². The van der Waals surface area contributed by atoms with Crippen LogP contribution in [0, 0.1) is 23.5 Å². The molecule has 2 aliphatic rings. The summed E-state index contributed by atoms with van der Waals surface area (Å²) in [6, 6.07) is 11.2. The lowest BCUT2D eigenvalue weighted by Crippen LogP contribution is -2.26. The van der Waals surface area contributed by atoms with Crippen molar-refractivity contribution in [2.75, 3.05) is 19.6 Å². The maximum Gasteiger partial charge on any atom is 0.191 e. The number of hydrogen-bond acceptors (Lipinski definition) is 3. The molecule has 2 aromatic rings. The molecule has 1 aliphatic heterocycles. The number of phenols is 1. The lowest BCUT2D eigenvalue weighted by Gasteiger charge is -2.20. The first-order valence-electron chi connectivity index (χ1n) is 9.19. The predicted molar refractivity (Wildman–Crippen MR) is 95.2 cm³/mol. The van der Waals surface area contributed by atoms with Crippen LogP contribution in [0.25, 0.3) is 0 Å². The summed E-state index contributed by atoms with van der Waals surface area (Å²) in [5, 5.41) is 9.34. The lowest BCUT2D eigenvalue weighted by molar-refractivity contribution is 0.171. The molecular formula is C21H23F2NO2. The Hall–Kier alpha value is -2.14. The molecular weight excluding hydrogens is 336 g/mol. The van der Waals surface area contributed by atoms with Gasteiger partial charge in [0.1, 0.15) is 5.75 Å². The van der Waals surface area contributed by atoms with Gasteiger partial charge in [-0.15, -0.1) is 0 Å². The van der Waals surface area contributed by atoms with Crippen LogP contribution in [-0.4, -0.2) is 35.7 Å². The smallest absolute Gasteiger partial charge is 0.191 e. The number of fused-ring (bicyclic) bond motifs is 1. The Morgan fingerprint density at radius 2 is 1.58 bits per heavy atom. The van der Waals surface area contributed by atoms with Crippen molar-refractivity contribution in [3.63, 3.8) is 0 Å². The maximum absolute atomic E-state index is 13.8.